The molecule has 0 unspecified atom stereocenters. The summed E-state index contributed by atoms with van der Waals surface area (Å²) >= 11 is 0. The molecule has 1 aliphatic heterocycles. The van der Waals surface area contributed by atoms with E-state index in [0.717, 1.165) is 35.9 Å². The van der Waals surface area contributed by atoms with Gasteiger partial charge in [-0.05, 0) is 32.3 Å². The normalized spacial score (nSPS) is 24.4. The van der Waals surface area contributed by atoms with Crippen LogP contribution in [-0.4, -0.2) is 27.6 Å². The number of ether oxygens (including phenoxy) is 1. The third-order valence-electron chi connectivity index (χ3n) is 4.25. The minimum Gasteiger partial charge on any atom is -0.371 e. The highest BCUT2D eigenvalue weighted by atomic mass is 16.5. The molecule has 2 atom stereocenters. The molecule has 0 bridgehead atoms. The first kappa shape index (κ1) is 13.6. The van der Waals surface area contributed by atoms with Crippen LogP contribution in [-0.2, 0) is 4.74 Å². The number of hydrogen-bond donors (Lipinski definition) is 1. The molecule has 3 heterocycles. The Morgan fingerprint density at radius 2 is 2.14 bits per heavy atom. The van der Waals surface area contributed by atoms with Gasteiger partial charge in [-0.2, -0.15) is 0 Å². The lowest BCUT2D eigenvalue weighted by molar-refractivity contribution is 0.107. The van der Waals surface area contributed by atoms with Crippen molar-refractivity contribution < 1.29 is 4.74 Å². The molecule has 114 valence electrons. The molecule has 2 aliphatic rings. The molecule has 2 aromatic rings. The van der Waals surface area contributed by atoms with Gasteiger partial charge in [-0.15, -0.1) is 0 Å². The van der Waals surface area contributed by atoms with Gasteiger partial charge in [0.1, 0.15) is 17.7 Å². The fraction of sp³-hybridized carbons (Fsp3) is 0.471. The molecule has 0 aromatic carbocycles. The SMILES string of the molecule is Cc1cc(N[C@H]2CCO[C@@H]2c2cccnc2)nc(C2CC2)n1. The molecule has 1 saturated carbocycles. The van der Waals surface area contributed by atoms with Crippen LogP contribution in [0.3, 0.4) is 0 Å². The third kappa shape index (κ3) is 2.81. The van der Waals surface area contributed by atoms with Crippen molar-refractivity contribution in [3.05, 3.63) is 47.7 Å². The number of pyridine rings is 1. The number of rotatable bonds is 4. The lowest BCUT2D eigenvalue weighted by atomic mass is 10.0. The van der Waals surface area contributed by atoms with Crippen LogP contribution in [0.15, 0.2) is 30.6 Å². The molecule has 5 nitrogen and oxygen atoms in total. The van der Waals surface area contributed by atoms with E-state index in [2.05, 4.69) is 21.4 Å². The van der Waals surface area contributed by atoms with E-state index in [-0.39, 0.29) is 12.1 Å². The van der Waals surface area contributed by atoms with Crippen LogP contribution in [0.25, 0.3) is 0 Å². The van der Waals surface area contributed by atoms with Crippen LogP contribution in [0.5, 0.6) is 0 Å². The number of nitrogens with one attached hydrogen (secondary N) is 1. The summed E-state index contributed by atoms with van der Waals surface area (Å²) in [4.78, 5) is 13.4. The average Bonchev–Trinajstić information content (AvgIpc) is 3.28. The summed E-state index contributed by atoms with van der Waals surface area (Å²) in [5.41, 5.74) is 2.14. The zero-order valence-electron chi connectivity index (χ0n) is 12.7. The van der Waals surface area contributed by atoms with Crippen molar-refractivity contribution in [3.63, 3.8) is 0 Å². The van der Waals surface area contributed by atoms with Crippen molar-refractivity contribution in [2.45, 2.75) is 44.2 Å². The van der Waals surface area contributed by atoms with Crippen molar-refractivity contribution in [2.75, 3.05) is 11.9 Å². The number of nitrogens with zero attached hydrogens (tertiary/aromatic N) is 3. The van der Waals surface area contributed by atoms with Gasteiger partial charge >= 0.3 is 0 Å². The molecular weight excluding hydrogens is 276 g/mol. The zero-order chi connectivity index (χ0) is 14.9. The lowest BCUT2D eigenvalue weighted by Crippen LogP contribution is -2.24. The highest BCUT2D eigenvalue weighted by molar-refractivity contribution is 5.39. The molecule has 1 aliphatic carbocycles. The average molecular weight is 296 g/mol. The molecule has 4 rings (SSSR count). The summed E-state index contributed by atoms with van der Waals surface area (Å²) in [5, 5.41) is 3.55. The minimum atomic E-state index is 0.0355. The maximum Gasteiger partial charge on any atom is 0.134 e. The molecule has 0 amide bonds. The van der Waals surface area contributed by atoms with Gasteiger partial charge in [-0.3, -0.25) is 4.98 Å². The number of hydrogen-bond acceptors (Lipinski definition) is 5. The topological polar surface area (TPSA) is 59.9 Å². The van der Waals surface area contributed by atoms with Crippen molar-refractivity contribution in [3.8, 4) is 0 Å². The summed E-state index contributed by atoms with van der Waals surface area (Å²) in [6.07, 6.45) is 7.11. The molecule has 2 fully saturated rings. The molecule has 0 radical (unpaired) electrons. The van der Waals surface area contributed by atoms with Crippen molar-refractivity contribution >= 4 is 5.82 Å². The Morgan fingerprint density at radius 1 is 1.23 bits per heavy atom. The largest absolute Gasteiger partial charge is 0.371 e. The fourth-order valence-electron chi connectivity index (χ4n) is 2.99. The Hall–Kier alpha value is -2.01. The maximum absolute atomic E-state index is 5.90. The standard InChI is InChI=1S/C17H20N4O/c1-11-9-15(21-17(19-11)12-4-5-12)20-14-6-8-22-16(14)13-3-2-7-18-10-13/h2-3,7,9-10,12,14,16H,4-6,8H2,1H3,(H,19,20,21)/t14-,16+/m0/s1. The summed E-state index contributed by atoms with van der Waals surface area (Å²) in [6.45, 7) is 2.79. The molecule has 2 aromatic heterocycles. The molecular formula is C17H20N4O. The monoisotopic (exact) mass is 296 g/mol. The van der Waals surface area contributed by atoms with Crippen molar-refractivity contribution in [2.24, 2.45) is 0 Å². The Morgan fingerprint density at radius 3 is 2.91 bits per heavy atom. The molecule has 22 heavy (non-hydrogen) atoms. The van der Waals surface area contributed by atoms with Gasteiger partial charge in [0, 0.05) is 42.2 Å². The Balaban J connectivity index is 1.55. The summed E-state index contributed by atoms with van der Waals surface area (Å²) in [5.74, 6) is 2.47. The predicted molar refractivity (Wildman–Crippen MR) is 83.7 cm³/mol. The number of aryl methyl sites for hydroxylation is 1. The molecule has 1 N–H and O–H groups in total. The second kappa shape index (κ2) is 5.65. The molecule has 0 spiro atoms. The molecule has 5 heteroatoms. The van der Waals surface area contributed by atoms with Gasteiger partial charge < -0.3 is 10.1 Å². The first-order valence-corrected chi connectivity index (χ1v) is 7.93. The second-order valence-electron chi connectivity index (χ2n) is 6.14. The van der Waals surface area contributed by atoms with Crippen LogP contribution in [0.2, 0.25) is 0 Å². The van der Waals surface area contributed by atoms with Gasteiger partial charge in [-0.1, -0.05) is 6.07 Å². The van der Waals surface area contributed by atoms with E-state index < -0.39 is 0 Å². The summed E-state index contributed by atoms with van der Waals surface area (Å²) < 4.78 is 5.90. The lowest BCUT2D eigenvalue weighted by Gasteiger charge is -2.21. The van der Waals surface area contributed by atoms with Crippen LogP contribution in [0.4, 0.5) is 5.82 Å². The smallest absolute Gasteiger partial charge is 0.134 e. The quantitative estimate of drug-likeness (QED) is 0.940. The van der Waals surface area contributed by atoms with Crippen LogP contribution in [0.1, 0.15) is 48.4 Å². The van der Waals surface area contributed by atoms with Crippen LogP contribution < -0.4 is 5.32 Å². The Bertz CT molecular complexity index is 657. The Kier molecular flexibility index (Phi) is 3.50. The van der Waals surface area contributed by atoms with E-state index in [0.29, 0.717) is 5.92 Å². The first-order valence-electron chi connectivity index (χ1n) is 7.93. The summed E-state index contributed by atoms with van der Waals surface area (Å²) in [6, 6.07) is 6.27. The Labute approximate surface area is 130 Å². The van der Waals surface area contributed by atoms with E-state index in [4.69, 9.17) is 9.72 Å². The van der Waals surface area contributed by atoms with Gasteiger partial charge in [0.15, 0.2) is 0 Å². The van der Waals surface area contributed by atoms with Gasteiger partial charge in [0.25, 0.3) is 0 Å². The van der Waals surface area contributed by atoms with E-state index in [1.165, 1.54) is 12.8 Å². The number of anilines is 1. The number of aromatic nitrogens is 3. The highest BCUT2D eigenvalue weighted by Crippen LogP contribution is 2.38. The van der Waals surface area contributed by atoms with Crippen molar-refractivity contribution in [1.82, 2.24) is 15.0 Å². The second-order valence-corrected chi connectivity index (χ2v) is 6.14. The van der Waals surface area contributed by atoms with E-state index in [9.17, 15) is 0 Å². The van der Waals surface area contributed by atoms with Gasteiger partial charge in [0.05, 0.1) is 6.04 Å². The van der Waals surface area contributed by atoms with Gasteiger partial charge in [-0.25, -0.2) is 9.97 Å². The third-order valence-corrected chi connectivity index (χ3v) is 4.25. The van der Waals surface area contributed by atoms with E-state index in [1.807, 2.05) is 25.3 Å². The highest BCUT2D eigenvalue weighted by Gasteiger charge is 2.31. The molecule has 1 saturated heterocycles. The maximum atomic E-state index is 5.90. The van der Waals surface area contributed by atoms with Crippen molar-refractivity contribution in [1.29, 1.82) is 0 Å². The summed E-state index contributed by atoms with van der Waals surface area (Å²) in [7, 11) is 0. The predicted octanol–water partition coefficient (Wildman–Crippen LogP) is 3.00. The fourth-order valence-corrected chi connectivity index (χ4v) is 2.99. The van der Waals surface area contributed by atoms with E-state index in [1.54, 1.807) is 6.20 Å². The van der Waals surface area contributed by atoms with Crippen LogP contribution >= 0.6 is 0 Å². The van der Waals surface area contributed by atoms with Gasteiger partial charge in [0.2, 0.25) is 0 Å². The minimum absolute atomic E-state index is 0.0355. The first-order chi connectivity index (χ1) is 10.8. The zero-order valence-corrected chi connectivity index (χ0v) is 12.7. The van der Waals surface area contributed by atoms with E-state index >= 15 is 0 Å². The van der Waals surface area contributed by atoms with Crippen LogP contribution in [0, 0.1) is 6.92 Å².